The van der Waals surface area contributed by atoms with Crippen LogP contribution in [0.4, 0.5) is 0 Å². The molecule has 0 amide bonds. The summed E-state index contributed by atoms with van der Waals surface area (Å²) in [5, 5.41) is 0. The summed E-state index contributed by atoms with van der Waals surface area (Å²) in [4.78, 5) is 0. The first-order valence-electron chi connectivity index (χ1n) is 6.72. The number of hydrogen-bond donors (Lipinski definition) is 0. The molecule has 0 bridgehead atoms. The second kappa shape index (κ2) is 6.55. The predicted octanol–water partition coefficient (Wildman–Crippen LogP) is 5.60. The molecule has 0 aromatic heterocycles. The van der Waals surface area contributed by atoms with Crippen molar-refractivity contribution in [1.82, 2.24) is 0 Å². The zero-order valence-corrected chi connectivity index (χ0v) is 13.1. The fourth-order valence-electron chi connectivity index (χ4n) is 2.68. The zero-order valence-electron chi connectivity index (χ0n) is 11.0. The topological polar surface area (TPSA) is 0 Å². The maximum Gasteiger partial charge on any atom is 0.00529 e. The zero-order chi connectivity index (χ0) is 13.0. The van der Waals surface area contributed by atoms with E-state index in [0.29, 0.717) is 17.8 Å². The van der Waals surface area contributed by atoms with Crippen LogP contribution in [0.1, 0.15) is 26.2 Å². The summed E-state index contributed by atoms with van der Waals surface area (Å²) in [7, 11) is 0. The minimum atomic E-state index is 0.582. The average Bonchev–Trinajstić information content (AvgIpc) is 2.39. The third-order valence-corrected chi connectivity index (χ3v) is 4.59. The Morgan fingerprint density at radius 3 is 3.00 bits per heavy atom. The van der Waals surface area contributed by atoms with E-state index in [1.165, 1.54) is 15.6 Å². The van der Waals surface area contributed by atoms with Crippen molar-refractivity contribution in [1.29, 1.82) is 0 Å². The van der Waals surface area contributed by atoms with Crippen molar-refractivity contribution in [2.24, 2.45) is 17.8 Å². The second-order valence-corrected chi connectivity index (χ2v) is 6.67. The normalized spacial score (nSPS) is 28.6. The molecule has 3 atom stereocenters. The Labute approximate surface area is 124 Å². The summed E-state index contributed by atoms with van der Waals surface area (Å²) in [6, 6.07) is 0. The van der Waals surface area contributed by atoms with Gasteiger partial charge < -0.3 is 0 Å². The molecule has 0 fully saturated rings. The molecule has 96 valence electrons. The van der Waals surface area contributed by atoms with Crippen molar-refractivity contribution >= 4 is 22.6 Å². The van der Waals surface area contributed by atoms with Gasteiger partial charge in [-0.2, -0.15) is 0 Å². The van der Waals surface area contributed by atoms with E-state index < -0.39 is 0 Å². The number of hydrogen-bond acceptors (Lipinski definition) is 0. The first-order valence-corrected chi connectivity index (χ1v) is 7.80. The average molecular weight is 352 g/mol. The van der Waals surface area contributed by atoms with Crippen LogP contribution in [0.15, 0.2) is 58.3 Å². The highest BCUT2D eigenvalue weighted by Crippen LogP contribution is 2.37. The lowest BCUT2D eigenvalue weighted by molar-refractivity contribution is 0.428. The molecular weight excluding hydrogens is 331 g/mol. The monoisotopic (exact) mass is 352 g/mol. The molecule has 0 heterocycles. The van der Waals surface area contributed by atoms with Gasteiger partial charge in [0.05, 0.1) is 0 Å². The van der Waals surface area contributed by atoms with Crippen LogP contribution in [0, 0.1) is 17.8 Å². The van der Waals surface area contributed by atoms with Gasteiger partial charge in [-0.25, -0.2) is 0 Å². The Balaban J connectivity index is 2.14. The van der Waals surface area contributed by atoms with Crippen LogP contribution in [0.3, 0.4) is 0 Å². The summed E-state index contributed by atoms with van der Waals surface area (Å²) < 4.78 is 1.49. The van der Waals surface area contributed by atoms with Crippen molar-refractivity contribution in [3.63, 3.8) is 0 Å². The molecule has 0 aromatic rings. The maximum atomic E-state index is 3.87. The molecular formula is C17H21I. The summed E-state index contributed by atoms with van der Waals surface area (Å²) >= 11 is 2.50. The van der Waals surface area contributed by atoms with Crippen molar-refractivity contribution in [3.05, 3.63) is 58.3 Å². The quantitative estimate of drug-likeness (QED) is 0.457. The highest BCUT2D eigenvalue weighted by atomic mass is 127. The van der Waals surface area contributed by atoms with E-state index in [9.17, 15) is 0 Å². The van der Waals surface area contributed by atoms with Crippen LogP contribution in [-0.2, 0) is 0 Å². The van der Waals surface area contributed by atoms with Crippen molar-refractivity contribution in [3.8, 4) is 0 Å². The Kier molecular flexibility index (Phi) is 5.04. The van der Waals surface area contributed by atoms with Crippen LogP contribution in [0.5, 0.6) is 0 Å². The Hall–Kier alpha value is -0.570. The molecule has 0 radical (unpaired) electrons. The van der Waals surface area contributed by atoms with Gasteiger partial charge in [0.1, 0.15) is 0 Å². The molecule has 0 aliphatic heterocycles. The van der Waals surface area contributed by atoms with Gasteiger partial charge in [0.2, 0.25) is 0 Å². The summed E-state index contributed by atoms with van der Waals surface area (Å²) in [5.41, 5.74) is 1.51. The van der Waals surface area contributed by atoms with E-state index in [-0.39, 0.29) is 0 Å². The van der Waals surface area contributed by atoms with Gasteiger partial charge in [-0.1, -0.05) is 43.4 Å². The second-order valence-electron chi connectivity index (χ2n) is 5.28. The predicted molar refractivity (Wildman–Crippen MR) is 88.7 cm³/mol. The van der Waals surface area contributed by atoms with Crippen LogP contribution in [0.25, 0.3) is 0 Å². The molecule has 2 aliphatic carbocycles. The maximum absolute atomic E-state index is 3.87. The molecule has 2 rings (SSSR count). The standard InChI is InChI=1S/C17H21I/c1-3-7-13(2)15-10-16(12-17(18)11-15)14-8-5-4-6-9-14/h3-6,8,10,12-15H,1,7,9,11H2,2H3. The van der Waals surface area contributed by atoms with Crippen molar-refractivity contribution in [2.75, 3.05) is 0 Å². The van der Waals surface area contributed by atoms with E-state index >= 15 is 0 Å². The highest BCUT2D eigenvalue weighted by Gasteiger charge is 2.22. The summed E-state index contributed by atoms with van der Waals surface area (Å²) in [6.45, 7) is 6.21. The van der Waals surface area contributed by atoms with E-state index in [1.54, 1.807) is 0 Å². The van der Waals surface area contributed by atoms with Crippen LogP contribution < -0.4 is 0 Å². The Bertz CT molecular complexity index is 423. The number of allylic oxidation sites excluding steroid dienone is 9. The molecule has 1 heteroatoms. The lowest BCUT2D eigenvalue weighted by atomic mass is 9.80. The third-order valence-electron chi connectivity index (χ3n) is 3.84. The van der Waals surface area contributed by atoms with Crippen molar-refractivity contribution < 1.29 is 0 Å². The molecule has 0 N–H and O–H groups in total. The lowest BCUT2D eigenvalue weighted by Crippen LogP contribution is -2.14. The fourth-order valence-corrected chi connectivity index (χ4v) is 3.55. The minimum Gasteiger partial charge on any atom is -0.103 e. The molecule has 18 heavy (non-hydrogen) atoms. The van der Waals surface area contributed by atoms with E-state index in [1.807, 2.05) is 6.08 Å². The molecule has 0 spiro atoms. The third kappa shape index (κ3) is 3.47. The largest absolute Gasteiger partial charge is 0.103 e. The molecule has 0 aromatic carbocycles. The van der Waals surface area contributed by atoms with E-state index in [2.05, 4.69) is 72.5 Å². The first-order chi connectivity index (χ1) is 8.70. The van der Waals surface area contributed by atoms with Gasteiger partial charge >= 0.3 is 0 Å². The van der Waals surface area contributed by atoms with Crippen molar-refractivity contribution in [2.45, 2.75) is 26.2 Å². The summed E-state index contributed by atoms with van der Waals surface area (Å²) in [5.74, 6) is 1.95. The molecule has 0 nitrogen and oxygen atoms in total. The lowest BCUT2D eigenvalue weighted by Gasteiger charge is -2.27. The molecule has 3 unspecified atom stereocenters. The molecule has 0 saturated heterocycles. The molecule has 2 aliphatic rings. The van der Waals surface area contributed by atoms with Gasteiger partial charge in [0.15, 0.2) is 0 Å². The minimum absolute atomic E-state index is 0.582. The Morgan fingerprint density at radius 2 is 2.33 bits per heavy atom. The van der Waals surface area contributed by atoms with Gasteiger partial charge in [0, 0.05) is 5.92 Å². The van der Waals surface area contributed by atoms with E-state index in [0.717, 1.165) is 12.8 Å². The van der Waals surface area contributed by atoms with Gasteiger partial charge in [-0.05, 0) is 68.9 Å². The fraction of sp³-hybridized carbons (Fsp3) is 0.412. The van der Waals surface area contributed by atoms with Gasteiger partial charge in [0.25, 0.3) is 0 Å². The number of halogens is 1. The van der Waals surface area contributed by atoms with Gasteiger partial charge in [-0.3, -0.25) is 0 Å². The SMILES string of the molecule is C=CCC(C)C1C=C(C2C=CC=CC2)C=C(I)C1. The van der Waals surface area contributed by atoms with Gasteiger partial charge in [-0.15, -0.1) is 6.58 Å². The van der Waals surface area contributed by atoms with E-state index in [4.69, 9.17) is 0 Å². The molecule has 0 saturated carbocycles. The van der Waals surface area contributed by atoms with Crippen LogP contribution in [0.2, 0.25) is 0 Å². The first kappa shape index (κ1) is 13.9. The van der Waals surface area contributed by atoms with Crippen LogP contribution in [-0.4, -0.2) is 0 Å². The highest BCUT2D eigenvalue weighted by molar-refractivity contribution is 14.1. The summed E-state index contributed by atoms with van der Waals surface area (Å²) in [6.07, 6.45) is 19.3. The van der Waals surface area contributed by atoms with Crippen LogP contribution >= 0.6 is 22.6 Å². The Morgan fingerprint density at radius 1 is 1.50 bits per heavy atom. The smallest absolute Gasteiger partial charge is 0.00529 e. The number of rotatable bonds is 4.